The number of rotatable bonds is 6. The van der Waals surface area contributed by atoms with Gasteiger partial charge in [0.1, 0.15) is 5.76 Å². The first-order chi connectivity index (χ1) is 9.06. The Labute approximate surface area is 117 Å². The van der Waals surface area contributed by atoms with Crippen LogP contribution < -0.4 is 5.32 Å². The lowest BCUT2D eigenvalue weighted by molar-refractivity contribution is 0.234. The van der Waals surface area contributed by atoms with E-state index in [1.807, 2.05) is 6.26 Å². The third-order valence-corrected chi connectivity index (χ3v) is 3.97. The normalized spacial score (nSPS) is 24.5. The highest BCUT2D eigenvalue weighted by Gasteiger charge is 2.27. The lowest BCUT2D eigenvalue weighted by Crippen LogP contribution is -2.27. The summed E-state index contributed by atoms with van der Waals surface area (Å²) in [6.45, 7) is 13.3. The van der Waals surface area contributed by atoms with Crippen molar-refractivity contribution in [3.05, 3.63) is 23.7 Å². The number of hydrogen-bond acceptors (Lipinski definition) is 3. The fraction of sp³-hybridized carbons (Fsp3) is 0.750. The molecule has 1 N–H and O–H groups in total. The quantitative estimate of drug-likeness (QED) is 0.855. The minimum Gasteiger partial charge on any atom is -0.468 e. The molecule has 2 unspecified atom stereocenters. The second kappa shape index (κ2) is 6.58. The first kappa shape index (κ1) is 14.6. The minimum absolute atomic E-state index is 0.677. The highest BCUT2D eigenvalue weighted by molar-refractivity contribution is 5.17. The van der Waals surface area contributed by atoms with Gasteiger partial charge in [0.2, 0.25) is 0 Å². The first-order valence-corrected chi connectivity index (χ1v) is 7.56. The van der Waals surface area contributed by atoms with Crippen LogP contribution in [0.5, 0.6) is 0 Å². The Hall–Kier alpha value is -0.800. The van der Waals surface area contributed by atoms with Gasteiger partial charge in [-0.15, -0.1) is 0 Å². The molecule has 1 aromatic rings. The topological polar surface area (TPSA) is 28.4 Å². The smallest absolute Gasteiger partial charge is 0.122 e. The van der Waals surface area contributed by atoms with Crippen LogP contribution in [0.15, 0.2) is 16.7 Å². The maximum Gasteiger partial charge on any atom is 0.122 e. The van der Waals surface area contributed by atoms with Crippen LogP contribution in [-0.4, -0.2) is 24.0 Å². The van der Waals surface area contributed by atoms with Gasteiger partial charge in [-0.25, -0.2) is 0 Å². The molecular formula is C16H28N2O. The van der Waals surface area contributed by atoms with E-state index in [2.05, 4.69) is 44.0 Å². The van der Waals surface area contributed by atoms with Crippen LogP contribution in [0.25, 0.3) is 0 Å². The summed E-state index contributed by atoms with van der Waals surface area (Å²) in [4.78, 5) is 2.54. The van der Waals surface area contributed by atoms with Crippen molar-refractivity contribution in [1.29, 1.82) is 0 Å². The Kier molecular flexibility index (Phi) is 5.06. The average molecular weight is 264 g/mol. The van der Waals surface area contributed by atoms with Crippen molar-refractivity contribution in [2.24, 2.45) is 11.8 Å². The van der Waals surface area contributed by atoms with Gasteiger partial charge in [-0.05, 0) is 37.8 Å². The molecule has 2 atom stereocenters. The zero-order valence-electron chi connectivity index (χ0n) is 12.8. The molecule has 1 saturated heterocycles. The van der Waals surface area contributed by atoms with Crippen molar-refractivity contribution in [1.82, 2.24) is 10.2 Å². The number of likely N-dealkylation sites (tertiary alicyclic amines) is 1. The summed E-state index contributed by atoms with van der Waals surface area (Å²) in [6, 6.07) is 2.78. The van der Waals surface area contributed by atoms with Gasteiger partial charge in [0.05, 0.1) is 12.8 Å². The second-order valence-electron chi connectivity index (χ2n) is 6.51. The molecule has 0 bridgehead atoms. The number of furan rings is 1. The van der Waals surface area contributed by atoms with E-state index in [1.165, 1.54) is 18.5 Å². The van der Waals surface area contributed by atoms with E-state index in [1.54, 1.807) is 0 Å². The van der Waals surface area contributed by atoms with Gasteiger partial charge in [-0.1, -0.05) is 20.8 Å². The molecule has 0 saturated carbocycles. The van der Waals surface area contributed by atoms with Crippen molar-refractivity contribution in [3.63, 3.8) is 0 Å². The van der Waals surface area contributed by atoms with E-state index in [0.29, 0.717) is 12.0 Å². The Morgan fingerprint density at radius 1 is 1.42 bits per heavy atom. The van der Waals surface area contributed by atoms with E-state index in [-0.39, 0.29) is 0 Å². The molecule has 0 aromatic carbocycles. The third kappa shape index (κ3) is 4.08. The predicted molar refractivity (Wildman–Crippen MR) is 78.9 cm³/mol. The molecular weight excluding hydrogens is 236 g/mol. The Morgan fingerprint density at radius 3 is 2.84 bits per heavy atom. The summed E-state index contributed by atoms with van der Waals surface area (Å²) in [5, 5.41) is 3.49. The van der Waals surface area contributed by atoms with E-state index in [4.69, 9.17) is 4.42 Å². The van der Waals surface area contributed by atoms with Crippen LogP contribution in [0, 0.1) is 11.8 Å². The van der Waals surface area contributed by atoms with Crippen LogP contribution in [0.3, 0.4) is 0 Å². The molecule has 2 rings (SSSR count). The molecule has 1 aliphatic heterocycles. The monoisotopic (exact) mass is 264 g/mol. The predicted octanol–water partition coefficient (Wildman–Crippen LogP) is 3.26. The second-order valence-corrected chi connectivity index (χ2v) is 6.51. The van der Waals surface area contributed by atoms with Gasteiger partial charge in [-0.2, -0.15) is 0 Å². The number of nitrogens with zero attached hydrogens (tertiary/aromatic N) is 1. The van der Waals surface area contributed by atoms with Crippen molar-refractivity contribution in [2.75, 3.05) is 13.1 Å². The maximum atomic E-state index is 5.69. The van der Waals surface area contributed by atoms with Gasteiger partial charge in [0.25, 0.3) is 0 Å². The van der Waals surface area contributed by atoms with Crippen LogP contribution in [0.2, 0.25) is 0 Å². The minimum atomic E-state index is 0.677. The Balaban J connectivity index is 1.88. The molecule has 3 heteroatoms. The van der Waals surface area contributed by atoms with Crippen LogP contribution in [0.1, 0.15) is 45.4 Å². The van der Waals surface area contributed by atoms with E-state index >= 15 is 0 Å². The summed E-state index contributed by atoms with van der Waals surface area (Å²) in [5.74, 6) is 2.64. The number of nitrogens with one attached hydrogen (secondary N) is 1. The molecule has 0 radical (unpaired) electrons. The zero-order chi connectivity index (χ0) is 13.8. The van der Waals surface area contributed by atoms with Crippen molar-refractivity contribution in [3.8, 4) is 0 Å². The van der Waals surface area contributed by atoms with Crippen LogP contribution >= 0.6 is 0 Å². The lowest BCUT2D eigenvalue weighted by atomic mass is 10.1. The maximum absolute atomic E-state index is 5.69. The fourth-order valence-electron chi connectivity index (χ4n) is 2.95. The largest absolute Gasteiger partial charge is 0.468 e. The van der Waals surface area contributed by atoms with Gasteiger partial charge < -0.3 is 9.73 Å². The molecule has 108 valence electrons. The van der Waals surface area contributed by atoms with Gasteiger partial charge >= 0.3 is 0 Å². The van der Waals surface area contributed by atoms with E-state index in [9.17, 15) is 0 Å². The molecule has 2 heterocycles. The average Bonchev–Trinajstić information content (AvgIpc) is 2.87. The van der Waals surface area contributed by atoms with Crippen molar-refractivity contribution >= 4 is 0 Å². The first-order valence-electron chi connectivity index (χ1n) is 7.56. The van der Waals surface area contributed by atoms with Gasteiger partial charge in [0, 0.05) is 24.7 Å². The highest BCUT2D eigenvalue weighted by Crippen LogP contribution is 2.25. The summed E-state index contributed by atoms with van der Waals surface area (Å²) < 4.78 is 5.69. The van der Waals surface area contributed by atoms with Crippen LogP contribution in [-0.2, 0) is 13.1 Å². The summed E-state index contributed by atoms with van der Waals surface area (Å²) in [5.41, 5.74) is 1.31. The fourth-order valence-corrected chi connectivity index (χ4v) is 2.95. The standard InChI is InChI=1S/C16H28N2O/c1-12(2)8-17-9-15-5-6-19-16(15)11-18-10-13(3)7-14(18)4/h5-6,12-14,17H,7-11H2,1-4H3. The molecule has 3 nitrogen and oxygen atoms in total. The zero-order valence-corrected chi connectivity index (χ0v) is 12.8. The summed E-state index contributed by atoms with van der Waals surface area (Å²) in [7, 11) is 0. The van der Waals surface area contributed by atoms with Crippen molar-refractivity contribution in [2.45, 2.75) is 53.2 Å². The third-order valence-electron chi connectivity index (χ3n) is 3.97. The number of hydrogen-bond donors (Lipinski definition) is 1. The molecule has 0 amide bonds. The molecule has 19 heavy (non-hydrogen) atoms. The Morgan fingerprint density at radius 2 is 2.21 bits per heavy atom. The SMILES string of the molecule is CC(C)CNCc1ccoc1CN1CC(C)CC1C. The van der Waals surface area contributed by atoms with Gasteiger partial charge in [0.15, 0.2) is 0 Å². The molecule has 1 fully saturated rings. The molecule has 0 aliphatic carbocycles. The van der Waals surface area contributed by atoms with E-state index in [0.717, 1.165) is 31.3 Å². The van der Waals surface area contributed by atoms with E-state index < -0.39 is 0 Å². The highest BCUT2D eigenvalue weighted by atomic mass is 16.3. The van der Waals surface area contributed by atoms with Crippen molar-refractivity contribution < 1.29 is 4.42 Å². The summed E-state index contributed by atoms with van der Waals surface area (Å²) in [6.07, 6.45) is 3.13. The lowest BCUT2D eigenvalue weighted by Gasteiger charge is -2.20. The Bertz CT molecular complexity index is 386. The molecule has 1 aromatic heterocycles. The van der Waals surface area contributed by atoms with Gasteiger partial charge in [-0.3, -0.25) is 4.90 Å². The van der Waals surface area contributed by atoms with Crippen LogP contribution in [0.4, 0.5) is 0 Å². The molecule has 1 aliphatic rings. The summed E-state index contributed by atoms with van der Waals surface area (Å²) >= 11 is 0. The molecule has 0 spiro atoms.